The summed E-state index contributed by atoms with van der Waals surface area (Å²) < 4.78 is 0. The molecule has 0 radical (unpaired) electrons. The van der Waals surface area contributed by atoms with Crippen molar-refractivity contribution in [3.63, 3.8) is 0 Å². The van der Waals surface area contributed by atoms with E-state index in [1.165, 1.54) is 0 Å². The highest BCUT2D eigenvalue weighted by Crippen LogP contribution is 2.39. The van der Waals surface area contributed by atoms with Crippen molar-refractivity contribution in [2.24, 2.45) is 0 Å². The number of halogens is 2. The van der Waals surface area contributed by atoms with Crippen LogP contribution in [0.1, 0.15) is 0 Å². The molecule has 0 unspecified atom stereocenters. The summed E-state index contributed by atoms with van der Waals surface area (Å²) in [5.74, 6) is 0. The fourth-order valence-corrected chi connectivity index (χ4v) is 2.80. The van der Waals surface area contributed by atoms with Crippen molar-refractivity contribution in [1.82, 2.24) is 0 Å². The zero-order valence-electron chi connectivity index (χ0n) is 8.71. The molecule has 16 heavy (non-hydrogen) atoms. The van der Waals surface area contributed by atoms with Gasteiger partial charge in [0, 0.05) is 26.1 Å². The minimum atomic E-state index is 0.728. The van der Waals surface area contributed by atoms with Gasteiger partial charge in [0.05, 0.1) is 0 Å². The molecule has 3 heteroatoms. The standard InChI is InChI=1S/C13H10Cl2S/c1-16-12-8-4-7-11(15)13(12)9-5-2-3-6-10(9)14/h2-8H,1H3. The summed E-state index contributed by atoms with van der Waals surface area (Å²) in [5, 5.41) is 1.46. The first-order chi connectivity index (χ1) is 7.74. The Bertz CT molecular complexity index is 509. The summed E-state index contributed by atoms with van der Waals surface area (Å²) in [5.41, 5.74) is 2.00. The van der Waals surface area contributed by atoms with Gasteiger partial charge in [-0.15, -0.1) is 11.8 Å². The normalized spacial score (nSPS) is 10.4. The van der Waals surface area contributed by atoms with Crippen LogP contribution in [0.3, 0.4) is 0 Å². The number of hydrogen-bond donors (Lipinski definition) is 0. The Morgan fingerprint density at radius 2 is 1.56 bits per heavy atom. The molecule has 0 atom stereocenters. The summed E-state index contributed by atoms with van der Waals surface area (Å²) in [7, 11) is 0. The fraction of sp³-hybridized carbons (Fsp3) is 0.0769. The van der Waals surface area contributed by atoms with Crippen LogP contribution >= 0.6 is 35.0 Å². The molecule has 2 rings (SSSR count). The molecule has 2 aromatic rings. The molecule has 0 N–H and O–H groups in total. The minimum Gasteiger partial charge on any atom is -0.129 e. The van der Waals surface area contributed by atoms with Crippen molar-refractivity contribution in [3.05, 3.63) is 52.5 Å². The third-order valence-electron chi connectivity index (χ3n) is 2.34. The van der Waals surface area contributed by atoms with E-state index >= 15 is 0 Å². The maximum absolute atomic E-state index is 6.24. The molecule has 0 saturated carbocycles. The predicted molar refractivity (Wildman–Crippen MR) is 73.7 cm³/mol. The molecule has 0 amide bonds. The summed E-state index contributed by atoms with van der Waals surface area (Å²) >= 11 is 14.1. The maximum atomic E-state index is 6.24. The molecule has 82 valence electrons. The van der Waals surface area contributed by atoms with E-state index in [9.17, 15) is 0 Å². The second kappa shape index (κ2) is 5.13. The molecule has 0 aliphatic rings. The highest BCUT2D eigenvalue weighted by atomic mass is 35.5. The van der Waals surface area contributed by atoms with Crippen LogP contribution in [0.2, 0.25) is 10.0 Å². The van der Waals surface area contributed by atoms with Crippen molar-refractivity contribution in [3.8, 4) is 11.1 Å². The summed E-state index contributed by atoms with van der Waals surface area (Å²) in [4.78, 5) is 1.14. The Balaban J connectivity index is 2.68. The Morgan fingerprint density at radius 1 is 0.875 bits per heavy atom. The first kappa shape index (κ1) is 11.8. The van der Waals surface area contributed by atoms with E-state index < -0.39 is 0 Å². The molecule has 0 aliphatic heterocycles. The predicted octanol–water partition coefficient (Wildman–Crippen LogP) is 5.38. The van der Waals surface area contributed by atoms with Gasteiger partial charge < -0.3 is 0 Å². The van der Waals surface area contributed by atoms with Crippen molar-refractivity contribution in [2.45, 2.75) is 4.90 Å². The molecule has 0 bridgehead atoms. The zero-order valence-corrected chi connectivity index (χ0v) is 11.0. The van der Waals surface area contributed by atoms with Crippen LogP contribution in [0.5, 0.6) is 0 Å². The van der Waals surface area contributed by atoms with Gasteiger partial charge in [0.2, 0.25) is 0 Å². The molecular formula is C13H10Cl2S. The second-order valence-corrected chi connectivity index (χ2v) is 4.96. The zero-order chi connectivity index (χ0) is 11.5. The average molecular weight is 269 g/mol. The lowest BCUT2D eigenvalue weighted by Gasteiger charge is -2.11. The molecule has 0 spiro atoms. The monoisotopic (exact) mass is 268 g/mol. The lowest BCUT2D eigenvalue weighted by atomic mass is 10.1. The van der Waals surface area contributed by atoms with Crippen LogP contribution in [0.4, 0.5) is 0 Å². The lowest BCUT2D eigenvalue weighted by molar-refractivity contribution is 1.45. The Kier molecular flexibility index (Phi) is 3.80. The van der Waals surface area contributed by atoms with E-state index in [-0.39, 0.29) is 0 Å². The van der Waals surface area contributed by atoms with Gasteiger partial charge >= 0.3 is 0 Å². The Morgan fingerprint density at radius 3 is 2.25 bits per heavy atom. The fourth-order valence-electron chi connectivity index (χ4n) is 1.60. The van der Waals surface area contributed by atoms with Crippen LogP contribution in [0, 0.1) is 0 Å². The number of benzene rings is 2. The Labute approximate surface area is 110 Å². The second-order valence-electron chi connectivity index (χ2n) is 3.30. The largest absolute Gasteiger partial charge is 0.129 e. The van der Waals surface area contributed by atoms with Crippen LogP contribution < -0.4 is 0 Å². The lowest BCUT2D eigenvalue weighted by Crippen LogP contribution is -1.84. The first-order valence-electron chi connectivity index (χ1n) is 4.81. The SMILES string of the molecule is CSc1cccc(Cl)c1-c1ccccc1Cl. The summed E-state index contributed by atoms with van der Waals surface area (Å²) in [6, 6.07) is 13.6. The molecule has 0 fully saturated rings. The van der Waals surface area contributed by atoms with Gasteiger partial charge in [-0.25, -0.2) is 0 Å². The average Bonchev–Trinajstić information content (AvgIpc) is 2.30. The maximum Gasteiger partial charge on any atom is 0.0496 e. The third kappa shape index (κ3) is 2.22. The minimum absolute atomic E-state index is 0.728. The van der Waals surface area contributed by atoms with Crippen LogP contribution in [0.15, 0.2) is 47.4 Å². The third-order valence-corrected chi connectivity index (χ3v) is 3.76. The topological polar surface area (TPSA) is 0 Å². The van der Waals surface area contributed by atoms with Gasteiger partial charge in [0.1, 0.15) is 0 Å². The highest BCUT2D eigenvalue weighted by Gasteiger charge is 2.11. The van der Waals surface area contributed by atoms with Crippen LogP contribution in [0.25, 0.3) is 11.1 Å². The van der Waals surface area contributed by atoms with E-state index in [4.69, 9.17) is 23.2 Å². The summed E-state index contributed by atoms with van der Waals surface area (Å²) in [6.07, 6.45) is 2.03. The number of rotatable bonds is 2. The molecule has 0 saturated heterocycles. The van der Waals surface area contributed by atoms with Crippen molar-refractivity contribution >= 4 is 35.0 Å². The van der Waals surface area contributed by atoms with Gasteiger partial charge in [-0.2, -0.15) is 0 Å². The van der Waals surface area contributed by atoms with Crippen molar-refractivity contribution < 1.29 is 0 Å². The quantitative estimate of drug-likeness (QED) is 0.659. The van der Waals surface area contributed by atoms with E-state index in [0.29, 0.717) is 0 Å². The van der Waals surface area contributed by atoms with E-state index in [0.717, 1.165) is 26.1 Å². The van der Waals surface area contributed by atoms with Gasteiger partial charge in [-0.05, 0) is 24.5 Å². The molecule has 0 nitrogen and oxygen atoms in total. The van der Waals surface area contributed by atoms with Gasteiger partial charge in [-0.1, -0.05) is 47.5 Å². The van der Waals surface area contributed by atoms with Crippen LogP contribution in [-0.4, -0.2) is 6.26 Å². The van der Waals surface area contributed by atoms with Crippen LogP contribution in [-0.2, 0) is 0 Å². The molecule has 0 aliphatic carbocycles. The Hall–Kier alpha value is -0.630. The molecule has 0 heterocycles. The molecule has 2 aromatic carbocycles. The van der Waals surface area contributed by atoms with E-state index in [1.54, 1.807) is 11.8 Å². The number of thioether (sulfide) groups is 1. The van der Waals surface area contributed by atoms with Crippen molar-refractivity contribution in [1.29, 1.82) is 0 Å². The molecular weight excluding hydrogens is 259 g/mol. The van der Waals surface area contributed by atoms with Gasteiger partial charge in [0.25, 0.3) is 0 Å². The van der Waals surface area contributed by atoms with Crippen molar-refractivity contribution in [2.75, 3.05) is 6.26 Å². The summed E-state index contributed by atoms with van der Waals surface area (Å²) in [6.45, 7) is 0. The molecule has 0 aromatic heterocycles. The number of hydrogen-bond acceptors (Lipinski definition) is 1. The van der Waals surface area contributed by atoms with Gasteiger partial charge in [0.15, 0.2) is 0 Å². The first-order valence-corrected chi connectivity index (χ1v) is 6.79. The van der Waals surface area contributed by atoms with Gasteiger partial charge in [-0.3, -0.25) is 0 Å². The van der Waals surface area contributed by atoms with E-state index in [1.807, 2.05) is 42.7 Å². The highest BCUT2D eigenvalue weighted by molar-refractivity contribution is 7.98. The van der Waals surface area contributed by atoms with E-state index in [2.05, 4.69) is 6.07 Å². The smallest absolute Gasteiger partial charge is 0.0496 e.